The minimum atomic E-state index is -0.496. The highest BCUT2D eigenvalue weighted by Gasteiger charge is 2.21. The molecule has 2 rings (SSSR count). The Balaban J connectivity index is 0.00000338. The number of nitrogens with two attached hydrogens (primary N) is 1. The summed E-state index contributed by atoms with van der Waals surface area (Å²) in [6, 6.07) is 5.34. The molecule has 26 heavy (non-hydrogen) atoms. The Kier molecular flexibility index (Phi) is 10.4. The average Bonchev–Trinajstić information content (AvgIpc) is 2.66. The van der Waals surface area contributed by atoms with Gasteiger partial charge in [-0.25, -0.2) is 4.98 Å². The van der Waals surface area contributed by atoms with Crippen LogP contribution >= 0.6 is 24.2 Å². The maximum Gasteiger partial charge on any atom is 0.236 e. The summed E-state index contributed by atoms with van der Waals surface area (Å²) < 4.78 is 0. The van der Waals surface area contributed by atoms with E-state index >= 15 is 0 Å². The first-order valence-corrected chi connectivity index (χ1v) is 9.97. The highest BCUT2D eigenvalue weighted by molar-refractivity contribution is 7.98. The van der Waals surface area contributed by atoms with Gasteiger partial charge < -0.3 is 20.9 Å². The molecule has 0 spiro atoms. The van der Waals surface area contributed by atoms with Crippen LogP contribution in [0.1, 0.15) is 12.8 Å². The van der Waals surface area contributed by atoms with E-state index in [2.05, 4.69) is 15.2 Å². The Hall–Kier alpha value is -1.51. The van der Waals surface area contributed by atoms with E-state index in [0.717, 1.165) is 24.7 Å². The molecular formula is C17H28ClN5O2S. The van der Waals surface area contributed by atoms with E-state index in [0.29, 0.717) is 32.5 Å². The van der Waals surface area contributed by atoms with Crippen molar-refractivity contribution in [3.05, 3.63) is 24.4 Å². The van der Waals surface area contributed by atoms with Crippen LogP contribution in [0.2, 0.25) is 0 Å². The molecular weight excluding hydrogens is 374 g/mol. The van der Waals surface area contributed by atoms with Crippen molar-refractivity contribution in [1.82, 2.24) is 15.2 Å². The Morgan fingerprint density at radius 1 is 1.31 bits per heavy atom. The third-order valence-corrected chi connectivity index (χ3v) is 4.86. The van der Waals surface area contributed by atoms with Crippen LogP contribution in [0.25, 0.3) is 0 Å². The molecule has 3 N–H and O–H groups in total. The van der Waals surface area contributed by atoms with Crippen LogP contribution in [0.3, 0.4) is 0 Å². The fourth-order valence-electron chi connectivity index (χ4n) is 2.68. The molecule has 0 unspecified atom stereocenters. The number of thioether (sulfide) groups is 1. The van der Waals surface area contributed by atoms with E-state index in [1.165, 1.54) is 0 Å². The van der Waals surface area contributed by atoms with Gasteiger partial charge in [0.2, 0.25) is 11.8 Å². The number of rotatable bonds is 8. The van der Waals surface area contributed by atoms with Crippen LogP contribution in [0.4, 0.5) is 5.82 Å². The standard InChI is InChI=1S/C17H27N5O2S.ClH/c1-25-13-6-14(18)17(24)20-8-5-16(23)22-11-9-21(10-12-22)15-4-2-3-7-19-15;/h2-4,7,14H,5-6,8-13,18H2,1H3,(H,20,24);1H/t14-;/m0./s1. The van der Waals surface area contributed by atoms with Gasteiger partial charge in [-0.1, -0.05) is 6.07 Å². The molecule has 0 aromatic carbocycles. The molecule has 2 heterocycles. The molecule has 2 amide bonds. The van der Waals surface area contributed by atoms with Crippen LogP contribution in [0.15, 0.2) is 24.4 Å². The van der Waals surface area contributed by atoms with E-state index in [1.807, 2.05) is 29.4 Å². The number of pyridine rings is 1. The van der Waals surface area contributed by atoms with Gasteiger partial charge in [-0.15, -0.1) is 12.4 Å². The molecule has 1 aliphatic rings. The summed E-state index contributed by atoms with van der Waals surface area (Å²) in [5.41, 5.74) is 5.80. The van der Waals surface area contributed by atoms with Crippen molar-refractivity contribution >= 4 is 41.8 Å². The molecule has 0 saturated carbocycles. The highest BCUT2D eigenvalue weighted by atomic mass is 35.5. The zero-order valence-electron chi connectivity index (χ0n) is 15.1. The smallest absolute Gasteiger partial charge is 0.236 e. The van der Waals surface area contributed by atoms with Gasteiger partial charge in [-0.2, -0.15) is 11.8 Å². The number of piperazine rings is 1. The summed E-state index contributed by atoms with van der Waals surface area (Å²) in [6.45, 7) is 3.24. The van der Waals surface area contributed by atoms with Gasteiger partial charge in [0.25, 0.3) is 0 Å². The maximum atomic E-state index is 12.3. The lowest BCUT2D eigenvalue weighted by Gasteiger charge is -2.35. The minimum Gasteiger partial charge on any atom is -0.354 e. The predicted octanol–water partition coefficient (Wildman–Crippen LogP) is 0.739. The highest BCUT2D eigenvalue weighted by Crippen LogP contribution is 2.12. The van der Waals surface area contributed by atoms with Crippen molar-refractivity contribution < 1.29 is 9.59 Å². The molecule has 1 aliphatic heterocycles. The SMILES string of the molecule is CSCC[C@H](N)C(=O)NCCC(=O)N1CCN(c2ccccn2)CC1.Cl. The van der Waals surface area contributed by atoms with Gasteiger partial charge >= 0.3 is 0 Å². The summed E-state index contributed by atoms with van der Waals surface area (Å²) >= 11 is 1.66. The van der Waals surface area contributed by atoms with Crippen molar-refractivity contribution in [2.75, 3.05) is 49.6 Å². The predicted molar refractivity (Wildman–Crippen MR) is 109 cm³/mol. The number of nitrogens with zero attached hydrogens (tertiary/aromatic N) is 3. The lowest BCUT2D eigenvalue weighted by molar-refractivity contribution is -0.131. The molecule has 7 nitrogen and oxygen atoms in total. The molecule has 1 atom stereocenters. The Bertz CT molecular complexity index is 555. The number of halogens is 1. The summed E-state index contributed by atoms with van der Waals surface area (Å²) in [5, 5.41) is 2.75. The van der Waals surface area contributed by atoms with Gasteiger partial charge in [-0.05, 0) is 30.6 Å². The first-order valence-electron chi connectivity index (χ1n) is 8.58. The fraction of sp³-hybridized carbons (Fsp3) is 0.588. The summed E-state index contributed by atoms with van der Waals surface area (Å²) in [4.78, 5) is 32.5. The van der Waals surface area contributed by atoms with Crippen LogP contribution in [-0.4, -0.2) is 72.5 Å². The zero-order chi connectivity index (χ0) is 18.1. The number of nitrogens with one attached hydrogen (secondary N) is 1. The summed E-state index contributed by atoms with van der Waals surface area (Å²) in [7, 11) is 0. The van der Waals surface area contributed by atoms with Crippen molar-refractivity contribution in [1.29, 1.82) is 0 Å². The normalized spacial score (nSPS) is 15.2. The fourth-order valence-corrected chi connectivity index (χ4v) is 3.17. The second-order valence-corrected chi connectivity index (χ2v) is 6.97. The second kappa shape index (κ2) is 12.0. The van der Waals surface area contributed by atoms with Crippen molar-refractivity contribution in [2.45, 2.75) is 18.9 Å². The Morgan fingerprint density at radius 3 is 2.65 bits per heavy atom. The van der Waals surface area contributed by atoms with Crippen LogP contribution < -0.4 is 16.0 Å². The first-order chi connectivity index (χ1) is 12.1. The van der Waals surface area contributed by atoms with Gasteiger partial charge in [0.1, 0.15) is 5.82 Å². The van der Waals surface area contributed by atoms with Crippen LogP contribution in [0, 0.1) is 0 Å². The van der Waals surface area contributed by atoms with E-state index < -0.39 is 6.04 Å². The number of carbonyl (C=O) groups is 2. The lowest BCUT2D eigenvalue weighted by atomic mass is 10.2. The molecule has 0 bridgehead atoms. The topological polar surface area (TPSA) is 91.6 Å². The second-order valence-electron chi connectivity index (χ2n) is 5.98. The van der Waals surface area contributed by atoms with Gasteiger partial charge in [-0.3, -0.25) is 9.59 Å². The van der Waals surface area contributed by atoms with Gasteiger partial charge in [0, 0.05) is 45.3 Å². The van der Waals surface area contributed by atoms with Crippen LogP contribution in [-0.2, 0) is 9.59 Å². The third-order valence-electron chi connectivity index (χ3n) is 4.21. The molecule has 1 aromatic heterocycles. The summed E-state index contributed by atoms with van der Waals surface area (Å²) in [5.74, 6) is 1.69. The van der Waals surface area contributed by atoms with Crippen molar-refractivity contribution in [3.8, 4) is 0 Å². The van der Waals surface area contributed by atoms with E-state index in [9.17, 15) is 9.59 Å². The molecule has 146 valence electrons. The number of hydrogen-bond donors (Lipinski definition) is 2. The quantitative estimate of drug-likeness (QED) is 0.667. The minimum absolute atomic E-state index is 0. The molecule has 0 aliphatic carbocycles. The van der Waals surface area contributed by atoms with E-state index in [-0.39, 0.29) is 24.2 Å². The molecule has 1 aromatic rings. The molecule has 0 radical (unpaired) electrons. The van der Waals surface area contributed by atoms with Gasteiger partial charge in [0.15, 0.2) is 0 Å². The number of amides is 2. The Labute approximate surface area is 165 Å². The van der Waals surface area contributed by atoms with Gasteiger partial charge in [0.05, 0.1) is 6.04 Å². The molecule has 1 fully saturated rings. The number of carbonyl (C=O) groups excluding carboxylic acids is 2. The molecule has 9 heteroatoms. The van der Waals surface area contributed by atoms with E-state index in [4.69, 9.17) is 5.73 Å². The largest absolute Gasteiger partial charge is 0.354 e. The third kappa shape index (κ3) is 7.01. The maximum absolute atomic E-state index is 12.3. The lowest BCUT2D eigenvalue weighted by Crippen LogP contribution is -2.49. The van der Waals surface area contributed by atoms with E-state index in [1.54, 1.807) is 18.0 Å². The van der Waals surface area contributed by atoms with Crippen molar-refractivity contribution in [3.63, 3.8) is 0 Å². The van der Waals surface area contributed by atoms with Crippen LogP contribution in [0.5, 0.6) is 0 Å². The number of anilines is 1. The Morgan fingerprint density at radius 2 is 2.04 bits per heavy atom. The number of hydrogen-bond acceptors (Lipinski definition) is 6. The van der Waals surface area contributed by atoms with Crippen molar-refractivity contribution in [2.24, 2.45) is 5.73 Å². The molecule has 1 saturated heterocycles. The summed E-state index contributed by atoms with van der Waals surface area (Å²) in [6.07, 6.45) is 4.72. The average molecular weight is 402 g/mol. The monoisotopic (exact) mass is 401 g/mol. The zero-order valence-corrected chi connectivity index (χ0v) is 16.7. The first kappa shape index (κ1) is 22.5. The number of aromatic nitrogens is 1.